The molecule has 0 atom stereocenters. The van der Waals surface area contributed by atoms with E-state index in [1.165, 1.54) is 30.7 Å². The van der Waals surface area contributed by atoms with Gasteiger partial charge in [0, 0.05) is 24.6 Å². The molecule has 0 aliphatic carbocycles. The number of ketones is 1. The summed E-state index contributed by atoms with van der Waals surface area (Å²) in [5, 5.41) is 0. The second-order valence-electron chi connectivity index (χ2n) is 6.47. The lowest BCUT2D eigenvalue weighted by Gasteiger charge is -2.06. The van der Waals surface area contributed by atoms with Crippen molar-refractivity contribution in [1.82, 2.24) is 23.1 Å². The highest BCUT2D eigenvalue weighted by Crippen LogP contribution is 2.21. The number of fused-ring (bicyclic) bond motifs is 3. The molecule has 0 saturated carbocycles. The number of halogens is 1. The van der Waals surface area contributed by atoms with Gasteiger partial charge in [-0.3, -0.25) is 27.7 Å². The van der Waals surface area contributed by atoms with Gasteiger partial charge >= 0.3 is 5.69 Å². The molecule has 0 fully saturated rings. The topological polar surface area (TPSA) is 83.3 Å². The zero-order valence-corrected chi connectivity index (χ0v) is 14.9. The molecule has 3 aromatic heterocycles. The number of nitrogens with zero attached hydrogens (tertiary/aromatic N) is 5. The molecule has 27 heavy (non-hydrogen) atoms. The third kappa shape index (κ3) is 2.42. The minimum absolute atomic E-state index is 0.206. The number of aromatic nitrogens is 5. The van der Waals surface area contributed by atoms with Gasteiger partial charge in [-0.1, -0.05) is 0 Å². The maximum Gasteiger partial charge on any atom is 0.332 e. The summed E-state index contributed by atoms with van der Waals surface area (Å²) in [6.45, 7) is 2.85. The first-order chi connectivity index (χ1) is 12.8. The molecular formula is C18H16FN5O3. The summed E-state index contributed by atoms with van der Waals surface area (Å²) in [4.78, 5) is 41.3. The van der Waals surface area contributed by atoms with Crippen LogP contribution in [0.15, 0.2) is 40.1 Å². The molecule has 4 aromatic rings. The Bertz CT molecular complexity index is 1340. The van der Waals surface area contributed by atoms with Crippen molar-refractivity contribution in [2.75, 3.05) is 0 Å². The van der Waals surface area contributed by atoms with Gasteiger partial charge in [0.05, 0.1) is 6.54 Å². The van der Waals surface area contributed by atoms with Crippen LogP contribution in [0.4, 0.5) is 4.39 Å². The van der Waals surface area contributed by atoms with Crippen LogP contribution in [0.2, 0.25) is 0 Å². The normalized spacial score (nSPS) is 11.6. The summed E-state index contributed by atoms with van der Waals surface area (Å²) in [5.74, 6) is -0.237. The minimum atomic E-state index is -0.603. The lowest BCUT2D eigenvalue weighted by molar-refractivity contribution is -0.117. The smallest absolute Gasteiger partial charge is 0.298 e. The predicted octanol–water partition coefficient (Wildman–Crippen LogP) is 1.18. The van der Waals surface area contributed by atoms with Crippen LogP contribution < -0.4 is 11.2 Å². The highest BCUT2D eigenvalue weighted by Gasteiger charge is 2.21. The second kappa shape index (κ2) is 5.76. The minimum Gasteiger partial charge on any atom is -0.298 e. The van der Waals surface area contributed by atoms with E-state index < -0.39 is 11.2 Å². The number of carbonyl (C=O) groups is 1. The summed E-state index contributed by atoms with van der Waals surface area (Å²) in [6.07, 6.45) is 1.72. The van der Waals surface area contributed by atoms with Gasteiger partial charge in [0.15, 0.2) is 11.2 Å². The first-order valence-electron chi connectivity index (χ1n) is 8.25. The number of imidazole rings is 2. The molecule has 0 aliphatic rings. The molecule has 1 aromatic carbocycles. The molecule has 9 heteroatoms. The SMILES string of the molecule is CC(=O)Cn1c(=O)c2c(nc3n(-c4ccc(F)cc4)c(C)cn23)n(C)c1=O. The predicted molar refractivity (Wildman–Crippen MR) is 96.9 cm³/mol. The number of carbonyl (C=O) groups excluding carboxylic acids is 1. The molecular weight excluding hydrogens is 353 g/mol. The van der Waals surface area contributed by atoms with Crippen LogP contribution in [0, 0.1) is 12.7 Å². The molecule has 0 aliphatic heterocycles. The van der Waals surface area contributed by atoms with E-state index in [1.807, 2.05) is 6.92 Å². The molecule has 4 rings (SSSR count). The average Bonchev–Trinajstić information content (AvgIpc) is 3.12. The van der Waals surface area contributed by atoms with E-state index in [4.69, 9.17) is 0 Å². The van der Waals surface area contributed by atoms with E-state index in [-0.39, 0.29) is 29.3 Å². The third-order valence-electron chi connectivity index (χ3n) is 4.49. The number of aryl methyl sites for hydroxylation is 2. The van der Waals surface area contributed by atoms with Crippen LogP contribution in [0.25, 0.3) is 22.6 Å². The van der Waals surface area contributed by atoms with Gasteiger partial charge in [-0.05, 0) is 38.1 Å². The molecule has 8 nitrogen and oxygen atoms in total. The molecule has 0 radical (unpaired) electrons. The average molecular weight is 369 g/mol. The van der Waals surface area contributed by atoms with E-state index in [2.05, 4.69) is 4.98 Å². The van der Waals surface area contributed by atoms with Gasteiger partial charge in [-0.15, -0.1) is 0 Å². The Morgan fingerprint density at radius 1 is 1.19 bits per heavy atom. The Kier molecular flexibility index (Phi) is 3.62. The molecule has 0 saturated heterocycles. The standard InChI is InChI=1S/C18H16FN5O3/c1-10-8-22-14-15(21(3)18(27)23(16(14)26)9-11(2)25)20-17(22)24(10)13-6-4-12(19)5-7-13/h4-8H,9H2,1-3H3. The van der Waals surface area contributed by atoms with Crippen molar-refractivity contribution in [3.05, 3.63) is 62.8 Å². The zero-order chi connectivity index (χ0) is 19.5. The van der Waals surface area contributed by atoms with Crippen LogP contribution in [-0.4, -0.2) is 28.9 Å². The van der Waals surface area contributed by atoms with E-state index in [0.717, 1.165) is 10.3 Å². The Balaban J connectivity index is 2.12. The van der Waals surface area contributed by atoms with Gasteiger partial charge < -0.3 is 0 Å². The number of hydrogen-bond acceptors (Lipinski definition) is 4. The second-order valence-corrected chi connectivity index (χ2v) is 6.47. The van der Waals surface area contributed by atoms with Crippen molar-refractivity contribution in [2.45, 2.75) is 20.4 Å². The summed E-state index contributed by atoms with van der Waals surface area (Å²) in [7, 11) is 1.50. The molecule has 138 valence electrons. The van der Waals surface area contributed by atoms with Gasteiger partial charge in [0.25, 0.3) is 5.56 Å². The van der Waals surface area contributed by atoms with Crippen LogP contribution >= 0.6 is 0 Å². The van der Waals surface area contributed by atoms with E-state index in [1.54, 1.807) is 27.3 Å². The monoisotopic (exact) mass is 369 g/mol. The van der Waals surface area contributed by atoms with Gasteiger partial charge in [0.2, 0.25) is 5.78 Å². The summed E-state index contributed by atoms with van der Waals surface area (Å²) < 4.78 is 18.8. The first kappa shape index (κ1) is 17.0. The number of Topliss-reactive ketones (excluding diaryl/α,β-unsaturated/α-hetero) is 1. The number of hydrogen-bond donors (Lipinski definition) is 0. The Labute approximate surface area is 151 Å². The zero-order valence-electron chi connectivity index (χ0n) is 14.9. The highest BCUT2D eigenvalue weighted by atomic mass is 19.1. The molecule has 0 spiro atoms. The van der Waals surface area contributed by atoms with Crippen molar-refractivity contribution in [3.8, 4) is 5.69 Å². The van der Waals surface area contributed by atoms with E-state index in [0.29, 0.717) is 11.5 Å². The third-order valence-corrected chi connectivity index (χ3v) is 4.49. The largest absolute Gasteiger partial charge is 0.332 e. The van der Waals surface area contributed by atoms with Crippen molar-refractivity contribution in [3.63, 3.8) is 0 Å². The fourth-order valence-electron chi connectivity index (χ4n) is 3.28. The van der Waals surface area contributed by atoms with Gasteiger partial charge in [0.1, 0.15) is 11.6 Å². The van der Waals surface area contributed by atoms with Crippen LogP contribution in [-0.2, 0) is 18.4 Å². The lowest BCUT2D eigenvalue weighted by atomic mass is 10.3. The van der Waals surface area contributed by atoms with Gasteiger partial charge in [-0.2, -0.15) is 4.98 Å². The number of benzene rings is 1. The molecule has 0 unspecified atom stereocenters. The van der Waals surface area contributed by atoms with Crippen LogP contribution in [0.3, 0.4) is 0 Å². The molecule has 0 bridgehead atoms. The van der Waals surface area contributed by atoms with Crippen molar-refractivity contribution < 1.29 is 9.18 Å². The maximum absolute atomic E-state index is 13.3. The quantitative estimate of drug-likeness (QED) is 0.543. The van der Waals surface area contributed by atoms with Crippen molar-refractivity contribution >= 4 is 22.7 Å². The summed E-state index contributed by atoms with van der Waals surface area (Å²) >= 11 is 0. The Morgan fingerprint density at radius 3 is 2.48 bits per heavy atom. The summed E-state index contributed by atoms with van der Waals surface area (Å²) in [6, 6.07) is 5.89. The maximum atomic E-state index is 13.3. The molecule has 0 N–H and O–H groups in total. The van der Waals surface area contributed by atoms with Crippen LogP contribution in [0.5, 0.6) is 0 Å². The lowest BCUT2D eigenvalue weighted by Crippen LogP contribution is -2.40. The van der Waals surface area contributed by atoms with E-state index >= 15 is 0 Å². The summed E-state index contributed by atoms with van der Waals surface area (Å²) in [5.41, 5.74) is 0.694. The van der Waals surface area contributed by atoms with Crippen molar-refractivity contribution in [2.24, 2.45) is 7.05 Å². The Morgan fingerprint density at radius 2 is 1.85 bits per heavy atom. The highest BCUT2D eigenvalue weighted by molar-refractivity contribution is 5.78. The molecule has 3 heterocycles. The first-order valence-corrected chi connectivity index (χ1v) is 8.25. The molecule has 0 amide bonds. The fraction of sp³-hybridized carbons (Fsp3) is 0.222. The van der Waals surface area contributed by atoms with Gasteiger partial charge in [-0.25, -0.2) is 9.18 Å². The fourth-order valence-corrected chi connectivity index (χ4v) is 3.28. The van der Waals surface area contributed by atoms with Crippen molar-refractivity contribution in [1.29, 1.82) is 0 Å². The van der Waals surface area contributed by atoms with E-state index in [9.17, 15) is 18.8 Å². The Hall–Kier alpha value is -3.49. The van der Waals surface area contributed by atoms with Crippen LogP contribution in [0.1, 0.15) is 12.6 Å². The number of rotatable bonds is 3.